The second kappa shape index (κ2) is 3.71. The Morgan fingerprint density at radius 2 is 1.70 bits per heavy atom. The molecule has 0 heterocycles. The molecular formula is C8H16O2. The van der Waals surface area contributed by atoms with E-state index in [1.807, 2.05) is 13.8 Å². The van der Waals surface area contributed by atoms with Crippen molar-refractivity contribution in [3.05, 3.63) is 0 Å². The molecule has 0 saturated heterocycles. The zero-order valence-electron chi connectivity index (χ0n) is 7.09. The van der Waals surface area contributed by atoms with Crippen LogP contribution >= 0.6 is 0 Å². The molecule has 0 unspecified atom stereocenters. The maximum Gasteiger partial charge on any atom is 0.135 e. The summed E-state index contributed by atoms with van der Waals surface area (Å²) in [6.45, 7) is 7.08. The Kier molecular flexibility index (Phi) is 3.58. The van der Waals surface area contributed by atoms with Crippen LogP contribution in [0.2, 0.25) is 0 Å². The molecule has 0 aliphatic heterocycles. The minimum atomic E-state index is -0.488. The maximum atomic E-state index is 10.7. The minimum Gasteiger partial charge on any atom is -0.392 e. The topological polar surface area (TPSA) is 37.3 Å². The van der Waals surface area contributed by atoms with Crippen molar-refractivity contribution in [3.63, 3.8) is 0 Å². The van der Waals surface area contributed by atoms with Crippen molar-refractivity contribution in [1.82, 2.24) is 0 Å². The van der Waals surface area contributed by atoms with Crippen LogP contribution in [0.15, 0.2) is 0 Å². The highest BCUT2D eigenvalue weighted by Crippen LogP contribution is 2.12. The van der Waals surface area contributed by atoms with Gasteiger partial charge in [-0.15, -0.1) is 0 Å². The van der Waals surface area contributed by atoms with Gasteiger partial charge in [-0.25, -0.2) is 0 Å². The van der Waals surface area contributed by atoms with E-state index in [9.17, 15) is 9.90 Å². The van der Waals surface area contributed by atoms with Gasteiger partial charge in [-0.1, -0.05) is 20.8 Å². The largest absolute Gasteiger partial charge is 0.392 e. The summed E-state index contributed by atoms with van der Waals surface area (Å²) < 4.78 is 0. The van der Waals surface area contributed by atoms with E-state index in [-0.39, 0.29) is 17.6 Å². The average Bonchev–Trinajstić information content (AvgIpc) is 1.84. The van der Waals surface area contributed by atoms with Gasteiger partial charge < -0.3 is 5.11 Å². The smallest absolute Gasteiger partial charge is 0.135 e. The SMILES string of the molecule is CC(=O)[C@@H](C)[C@H](O)C(C)C. The molecular weight excluding hydrogens is 128 g/mol. The fraction of sp³-hybridized carbons (Fsp3) is 0.875. The Morgan fingerprint density at radius 1 is 1.30 bits per heavy atom. The zero-order valence-corrected chi connectivity index (χ0v) is 7.09. The molecule has 0 fully saturated rings. The molecule has 0 saturated carbocycles. The Hall–Kier alpha value is -0.370. The van der Waals surface area contributed by atoms with E-state index in [0.717, 1.165) is 0 Å². The second-order valence-corrected chi connectivity index (χ2v) is 3.13. The van der Waals surface area contributed by atoms with Crippen LogP contribution in [0.4, 0.5) is 0 Å². The Bertz CT molecular complexity index is 118. The maximum absolute atomic E-state index is 10.7. The molecule has 0 rings (SSSR count). The van der Waals surface area contributed by atoms with Crippen LogP contribution in [0.3, 0.4) is 0 Å². The van der Waals surface area contributed by atoms with E-state index in [1.165, 1.54) is 6.92 Å². The number of carbonyl (C=O) groups is 1. The van der Waals surface area contributed by atoms with Crippen LogP contribution in [-0.4, -0.2) is 17.0 Å². The van der Waals surface area contributed by atoms with Crippen LogP contribution in [0, 0.1) is 11.8 Å². The van der Waals surface area contributed by atoms with Crippen molar-refractivity contribution in [2.75, 3.05) is 0 Å². The summed E-state index contributed by atoms with van der Waals surface area (Å²) in [4.78, 5) is 10.7. The summed E-state index contributed by atoms with van der Waals surface area (Å²) in [6, 6.07) is 0. The van der Waals surface area contributed by atoms with E-state index in [4.69, 9.17) is 0 Å². The molecule has 10 heavy (non-hydrogen) atoms. The fourth-order valence-electron chi connectivity index (χ4n) is 0.818. The van der Waals surface area contributed by atoms with Crippen molar-refractivity contribution < 1.29 is 9.90 Å². The first kappa shape index (κ1) is 9.63. The van der Waals surface area contributed by atoms with Gasteiger partial charge in [0.2, 0.25) is 0 Å². The van der Waals surface area contributed by atoms with E-state index in [2.05, 4.69) is 0 Å². The number of rotatable bonds is 3. The summed E-state index contributed by atoms with van der Waals surface area (Å²) >= 11 is 0. The molecule has 0 spiro atoms. The number of Topliss-reactive ketones (excluding diaryl/α,β-unsaturated/α-hetero) is 1. The number of hydrogen-bond donors (Lipinski definition) is 1. The van der Waals surface area contributed by atoms with E-state index < -0.39 is 6.10 Å². The number of aliphatic hydroxyl groups excluding tert-OH is 1. The summed E-state index contributed by atoms with van der Waals surface area (Å²) in [7, 11) is 0. The molecule has 0 radical (unpaired) electrons. The quantitative estimate of drug-likeness (QED) is 0.646. The number of ketones is 1. The summed E-state index contributed by atoms with van der Waals surface area (Å²) in [6.07, 6.45) is -0.488. The molecule has 2 atom stereocenters. The second-order valence-electron chi connectivity index (χ2n) is 3.13. The normalized spacial score (nSPS) is 17.0. The van der Waals surface area contributed by atoms with Crippen molar-refractivity contribution >= 4 is 5.78 Å². The molecule has 0 aromatic heterocycles. The first-order valence-electron chi connectivity index (χ1n) is 3.65. The highest BCUT2D eigenvalue weighted by atomic mass is 16.3. The van der Waals surface area contributed by atoms with Gasteiger partial charge in [-0.05, 0) is 12.8 Å². The predicted molar refractivity (Wildman–Crippen MR) is 40.7 cm³/mol. The molecule has 2 nitrogen and oxygen atoms in total. The van der Waals surface area contributed by atoms with Gasteiger partial charge >= 0.3 is 0 Å². The monoisotopic (exact) mass is 144 g/mol. The van der Waals surface area contributed by atoms with Gasteiger partial charge in [0.15, 0.2) is 0 Å². The van der Waals surface area contributed by atoms with Gasteiger partial charge in [0, 0.05) is 5.92 Å². The van der Waals surface area contributed by atoms with Crippen molar-refractivity contribution in [1.29, 1.82) is 0 Å². The van der Waals surface area contributed by atoms with Crippen LogP contribution in [0.1, 0.15) is 27.7 Å². The highest BCUT2D eigenvalue weighted by molar-refractivity contribution is 5.78. The summed E-state index contributed by atoms with van der Waals surface area (Å²) in [5.74, 6) is 0.0000926. The molecule has 2 heteroatoms. The zero-order chi connectivity index (χ0) is 8.31. The molecule has 0 aliphatic carbocycles. The van der Waals surface area contributed by atoms with E-state index >= 15 is 0 Å². The van der Waals surface area contributed by atoms with Gasteiger partial charge in [-0.2, -0.15) is 0 Å². The van der Waals surface area contributed by atoms with Gasteiger partial charge in [0.1, 0.15) is 5.78 Å². The third kappa shape index (κ3) is 2.48. The lowest BCUT2D eigenvalue weighted by Gasteiger charge is -2.19. The third-order valence-corrected chi connectivity index (χ3v) is 1.84. The first-order chi connectivity index (χ1) is 4.46. The van der Waals surface area contributed by atoms with Crippen molar-refractivity contribution in [2.45, 2.75) is 33.8 Å². The lowest BCUT2D eigenvalue weighted by molar-refractivity contribution is -0.124. The molecule has 0 aliphatic rings. The fourth-order valence-corrected chi connectivity index (χ4v) is 0.818. The van der Waals surface area contributed by atoms with E-state index in [0.29, 0.717) is 0 Å². The highest BCUT2D eigenvalue weighted by Gasteiger charge is 2.20. The standard InChI is InChI=1S/C8H16O2/c1-5(2)8(10)6(3)7(4)9/h5-6,8,10H,1-4H3/t6-,8-/m1/s1. The Morgan fingerprint density at radius 3 is 1.80 bits per heavy atom. The molecule has 0 amide bonds. The van der Waals surface area contributed by atoms with Crippen molar-refractivity contribution in [2.24, 2.45) is 11.8 Å². The van der Waals surface area contributed by atoms with Crippen LogP contribution in [0.5, 0.6) is 0 Å². The third-order valence-electron chi connectivity index (χ3n) is 1.84. The number of carbonyl (C=O) groups excluding carboxylic acids is 1. The lowest BCUT2D eigenvalue weighted by atomic mass is 9.92. The molecule has 0 bridgehead atoms. The predicted octanol–water partition coefficient (Wildman–Crippen LogP) is 1.23. The summed E-state index contributed by atoms with van der Waals surface area (Å²) in [5, 5.41) is 9.34. The Labute approximate surface area is 62.2 Å². The van der Waals surface area contributed by atoms with E-state index in [1.54, 1.807) is 6.92 Å². The molecule has 60 valence electrons. The lowest BCUT2D eigenvalue weighted by Crippen LogP contribution is -2.28. The first-order valence-corrected chi connectivity index (χ1v) is 3.65. The average molecular weight is 144 g/mol. The number of aliphatic hydroxyl groups is 1. The van der Waals surface area contributed by atoms with Crippen molar-refractivity contribution in [3.8, 4) is 0 Å². The van der Waals surface area contributed by atoms with Crippen LogP contribution in [-0.2, 0) is 4.79 Å². The van der Waals surface area contributed by atoms with Crippen LogP contribution in [0.25, 0.3) is 0 Å². The van der Waals surface area contributed by atoms with Crippen LogP contribution < -0.4 is 0 Å². The van der Waals surface area contributed by atoms with Gasteiger partial charge in [0.05, 0.1) is 6.10 Å². The summed E-state index contributed by atoms with van der Waals surface area (Å²) in [5.41, 5.74) is 0. The molecule has 0 aromatic rings. The molecule has 0 aromatic carbocycles. The Balaban J connectivity index is 3.94. The van der Waals surface area contributed by atoms with Gasteiger partial charge in [0.25, 0.3) is 0 Å². The molecule has 1 N–H and O–H groups in total. The van der Waals surface area contributed by atoms with Gasteiger partial charge in [-0.3, -0.25) is 4.79 Å². The number of hydrogen-bond acceptors (Lipinski definition) is 2. The minimum absolute atomic E-state index is 0.0567.